The van der Waals surface area contributed by atoms with Gasteiger partial charge in [0, 0.05) is 99.9 Å². The molecule has 4 heterocycles. The molecule has 0 aromatic heterocycles. The number of piperidine rings is 3. The molecule has 288 valence electrons. The number of halogens is 5. The highest BCUT2D eigenvalue weighted by molar-refractivity contribution is 4.99. The summed E-state index contributed by atoms with van der Waals surface area (Å²) in [5.41, 5.74) is 0.0397. The van der Waals surface area contributed by atoms with Crippen molar-refractivity contribution in [2.24, 2.45) is 0 Å². The monoisotopic (exact) mass is 707 g/mol. The Morgan fingerprint density at radius 3 is 1.61 bits per heavy atom. The zero-order valence-corrected chi connectivity index (χ0v) is 32.4. The van der Waals surface area contributed by atoms with E-state index in [0.29, 0.717) is 25.2 Å². The summed E-state index contributed by atoms with van der Waals surface area (Å²) in [6.45, 7) is 24.7. The molecule has 0 bridgehead atoms. The molecule has 0 spiro atoms. The van der Waals surface area contributed by atoms with Crippen LogP contribution in [0.1, 0.15) is 119 Å². The highest BCUT2D eigenvalue weighted by Crippen LogP contribution is 2.39. The fourth-order valence-electron chi connectivity index (χ4n) is 9.55. The molecule has 0 amide bonds. The van der Waals surface area contributed by atoms with Crippen LogP contribution in [0.5, 0.6) is 0 Å². The Kier molecular flexibility index (Phi) is 14.0. The van der Waals surface area contributed by atoms with Crippen LogP contribution in [0.25, 0.3) is 0 Å². The molecule has 4 aliphatic rings. The van der Waals surface area contributed by atoms with Gasteiger partial charge in [-0.05, 0) is 113 Å². The molecule has 0 N–H and O–H groups in total. The summed E-state index contributed by atoms with van der Waals surface area (Å²) in [6, 6.07) is 1.00. The summed E-state index contributed by atoms with van der Waals surface area (Å²) in [7, 11) is 1.62. The topological polar surface area (TPSA) is 19.4 Å². The minimum atomic E-state index is -4.16. The molecule has 0 radical (unpaired) electrons. The van der Waals surface area contributed by atoms with Crippen LogP contribution in [0.15, 0.2) is 0 Å². The van der Waals surface area contributed by atoms with E-state index >= 15 is 0 Å². The first-order chi connectivity index (χ1) is 22.8. The second-order valence-electron chi connectivity index (χ2n) is 17.6. The lowest BCUT2D eigenvalue weighted by Crippen LogP contribution is -2.56. The first-order valence-electron chi connectivity index (χ1n) is 19.7. The van der Waals surface area contributed by atoms with Crippen molar-refractivity contribution in [1.82, 2.24) is 29.4 Å². The number of nitrogens with zero attached hydrogens (tertiary/aromatic N) is 6. The molecule has 4 rings (SSSR count). The van der Waals surface area contributed by atoms with E-state index in [-0.39, 0.29) is 35.5 Å². The molecule has 0 aromatic rings. The van der Waals surface area contributed by atoms with Crippen molar-refractivity contribution in [2.45, 2.75) is 166 Å². The van der Waals surface area contributed by atoms with Crippen molar-refractivity contribution < 1.29 is 22.0 Å². The maximum absolute atomic E-state index is 13.8. The van der Waals surface area contributed by atoms with Crippen molar-refractivity contribution in [3.05, 3.63) is 0 Å². The molecule has 6 nitrogen and oxygen atoms in total. The van der Waals surface area contributed by atoms with E-state index in [4.69, 9.17) is 0 Å². The lowest BCUT2D eigenvalue weighted by atomic mass is 9.78. The van der Waals surface area contributed by atoms with Crippen molar-refractivity contribution in [1.29, 1.82) is 0 Å². The van der Waals surface area contributed by atoms with Crippen LogP contribution < -0.4 is 0 Å². The quantitative estimate of drug-likeness (QED) is 0.164. The lowest BCUT2D eigenvalue weighted by Gasteiger charge is -2.51. The van der Waals surface area contributed by atoms with E-state index in [1.807, 2.05) is 0 Å². The van der Waals surface area contributed by atoms with Crippen LogP contribution in [0, 0.1) is 0 Å². The van der Waals surface area contributed by atoms with Crippen LogP contribution in [0.2, 0.25) is 0 Å². The number of alkyl halides is 5. The van der Waals surface area contributed by atoms with E-state index in [2.05, 4.69) is 73.0 Å². The Morgan fingerprint density at radius 2 is 1.10 bits per heavy atom. The molecule has 11 heteroatoms. The average molecular weight is 707 g/mol. The molecule has 4 fully saturated rings. The first-order valence-corrected chi connectivity index (χ1v) is 19.7. The van der Waals surface area contributed by atoms with Crippen molar-refractivity contribution in [2.75, 3.05) is 79.0 Å². The summed E-state index contributed by atoms with van der Waals surface area (Å²) in [4.78, 5) is 14.4. The smallest absolute Gasteiger partial charge is 0.301 e. The molecule has 0 saturated carbocycles. The Balaban J connectivity index is 1.38. The molecular formula is C38H71F5N6. The summed E-state index contributed by atoms with van der Waals surface area (Å²) in [5.74, 6) is -2.50. The van der Waals surface area contributed by atoms with Crippen LogP contribution >= 0.6 is 0 Å². The Morgan fingerprint density at radius 1 is 0.633 bits per heavy atom. The number of likely N-dealkylation sites (tertiary alicyclic amines) is 4. The van der Waals surface area contributed by atoms with Gasteiger partial charge in [0.25, 0.3) is 5.92 Å². The van der Waals surface area contributed by atoms with E-state index in [9.17, 15) is 22.0 Å². The standard InChI is InChI=1S/C38H71F5N6/c1-9-45(10-2)32-13-24-48(25-14-32)36(7,18-16-34(3,4)47-22-11-31(12-23-47)44(8)30-38(41,42)43)19-17-35(5,6)49-26-15-33(29-49)46-27-20-37(39,40)21-28-46/h31-33H,9-30H2,1-8H3/t33-,36?/m1/s1. The zero-order valence-electron chi connectivity index (χ0n) is 32.4. The second kappa shape index (κ2) is 16.6. The van der Waals surface area contributed by atoms with E-state index < -0.39 is 18.6 Å². The predicted octanol–water partition coefficient (Wildman–Crippen LogP) is 7.43. The van der Waals surface area contributed by atoms with Crippen molar-refractivity contribution in [3.63, 3.8) is 0 Å². The van der Waals surface area contributed by atoms with E-state index in [0.717, 1.165) is 97.3 Å². The van der Waals surface area contributed by atoms with E-state index in [1.165, 1.54) is 17.7 Å². The van der Waals surface area contributed by atoms with Gasteiger partial charge in [-0.2, -0.15) is 13.2 Å². The van der Waals surface area contributed by atoms with Gasteiger partial charge in [-0.15, -0.1) is 0 Å². The van der Waals surface area contributed by atoms with Gasteiger partial charge in [-0.25, -0.2) is 8.78 Å². The summed E-state index contributed by atoms with van der Waals surface area (Å²) in [6.07, 6.45) is 5.15. The Bertz CT molecular complexity index is 993. The third kappa shape index (κ3) is 11.2. The molecule has 49 heavy (non-hydrogen) atoms. The Hall–Kier alpha value is -0.590. The third-order valence-corrected chi connectivity index (χ3v) is 13.5. The average Bonchev–Trinajstić information content (AvgIpc) is 3.55. The summed E-state index contributed by atoms with van der Waals surface area (Å²) >= 11 is 0. The molecule has 4 aliphatic heterocycles. The number of hydrogen-bond acceptors (Lipinski definition) is 6. The minimum absolute atomic E-state index is 0.0142. The normalized spacial score (nSPS) is 26.6. The van der Waals surface area contributed by atoms with Crippen LogP contribution in [0.4, 0.5) is 22.0 Å². The molecule has 4 saturated heterocycles. The third-order valence-electron chi connectivity index (χ3n) is 13.5. The lowest BCUT2D eigenvalue weighted by molar-refractivity contribution is -0.149. The maximum atomic E-state index is 13.8. The van der Waals surface area contributed by atoms with Crippen LogP contribution in [-0.2, 0) is 0 Å². The van der Waals surface area contributed by atoms with Gasteiger partial charge in [0.1, 0.15) is 0 Å². The predicted molar refractivity (Wildman–Crippen MR) is 192 cm³/mol. The maximum Gasteiger partial charge on any atom is 0.401 e. The van der Waals surface area contributed by atoms with Gasteiger partial charge < -0.3 is 4.90 Å². The Labute approximate surface area is 296 Å². The van der Waals surface area contributed by atoms with Gasteiger partial charge in [0.05, 0.1) is 6.54 Å². The van der Waals surface area contributed by atoms with Crippen molar-refractivity contribution in [3.8, 4) is 0 Å². The highest BCUT2D eigenvalue weighted by atomic mass is 19.4. The highest BCUT2D eigenvalue weighted by Gasteiger charge is 2.44. The van der Waals surface area contributed by atoms with Crippen molar-refractivity contribution >= 4 is 0 Å². The van der Waals surface area contributed by atoms with Crippen LogP contribution in [0.3, 0.4) is 0 Å². The van der Waals surface area contributed by atoms with Gasteiger partial charge >= 0.3 is 6.18 Å². The molecule has 0 aromatic carbocycles. The molecule has 2 atom stereocenters. The second-order valence-corrected chi connectivity index (χ2v) is 17.6. The van der Waals surface area contributed by atoms with Gasteiger partial charge in [-0.3, -0.25) is 24.5 Å². The van der Waals surface area contributed by atoms with E-state index in [1.54, 1.807) is 7.05 Å². The summed E-state index contributed by atoms with van der Waals surface area (Å²) < 4.78 is 66.8. The SMILES string of the molecule is CCN(CC)C1CCN(C(C)(CCC(C)(C)N2CCC(N(C)CC(F)(F)F)CC2)CCC(C)(C)N2CC[C@@H](N3CCC(F)(F)CC3)C2)CC1. The fourth-order valence-corrected chi connectivity index (χ4v) is 9.55. The largest absolute Gasteiger partial charge is 0.401 e. The zero-order chi connectivity index (χ0) is 36.3. The summed E-state index contributed by atoms with van der Waals surface area (Å²) in [5, 5.41) is 0. The van der Waals surface area contributed by atoms with Gasteiger partial charge in [-0.1, -0.05) is 13.8 Å². The first kappa shape index (κ1) is 41.2. The minimum Gasteiger partial charge on any atom is -0.301 e. The number of rotatable bonds is 15. The number of hydrogen-bond donors (Lipinski definition) is 0. The van der Waals surface area contributed by atoms with Gasteiger partial charge in [0.2, 0.25) is 0 Å². The molecular weight excluding hydrogens is 635 g/mol. The molecule has 0 aliphatic carbocycles. The molecule has 1 unspecified atom stereocenters. The van der Waals surface area contributed by atoms with Crippen LogP contribution in [-0.4, -0.2) is 155 Å². The fraction of sp³-hybridized carbons (Fsp3) is 1.00. The van der Waals surface area contributed by atoms with Gasteiger partial charge in [0.15, 0.2) is 0 Å².